The van der Waals surface area contributed by atoms with Gasteiger partial charge in [-0.05, 0) is 142 Å². The molecule has 22 nitrogen and oxygen atoms in total. The van der Waals surface area contributed by atoms with Crippen molar-refractivity contribution in [1.82, 2.24) is 25.3 Å². The van der Waals surface area contributed by atoms with Crippen molar-refractivity contribution < 1.29 is 90.2 Å². The molecule has 2 aromatic carbocycles. The fourth-order valence-electron chi connectivity index (χ4n) is 12.7. The van der Waals surface area contributed by atoms with E-state index in [0.29, 0.717) is 62.9 Å². The van der Waals surface area contributed by atoms with Crippen molar-refractivity contribution in [2.24, 2.45) is 23.7 Å². The Morgan fingerprint density at radius 1 is 0.649 bits per heavy atom. The summed E-state index contributed by atoms with van der Waals surface area (Å²) < 4.78 is 66.0. The van der Waals surface area contributed by atoms with E-state index in [9.17, 15) is 57.0 Å². The number of allylic oxidation sites excluding steroid dienone is 2. The van der Waals surface area contributed by atoms with E-state index in [1.54, 1.807) is 79.7 Å². The summed E-state index contributed by atoms with van der Waals surface area (Å²) in [5, 5.41) is 16.0. The van der Waals surface area contributed by atoms with Gasteiger partial charge in [0, 0.05) is 56.5 Å². The molecule has 5 heterocycles. The quantitative estimate of drug-likeness (QED) is 0.122. The monoisotopic (exact) mass is 1340 g/mol. The lowest BCUT2D eigenvalue weighted by atomic mass is 10.0. The number of esters is 4. The van der Waals surface area contributed by atoms with Crippen LogP contribution in [0, 0.1) is 35.3 Å². The maximum atomic E-state index is 14.3. The lowest BCUT2D eigenvalue weighted by Crippen LogP contribution is -2.54. The highest BCUT2D eigenvalue weighted by Crippen LogP contribution is 2.48. The molecule has 3 N–H and O–H groups in total. The van der Waals surface area contributed by atoms with Gasteiger partial charge in [0.2, 0.25) is 23.6 Å². The van der Waals surface area contributed by atoms with Crippen molar-refractivity contribution in [2.75, 3.05) is 52.7 Å². The number of fused-ring (bicyclic) bond motifs is 6. The molecule has 0 spiro atoms. The molecule has 25 heteroatoms. The van der Waals surface area contributed by atoms with Gasteiger partial charge in [0.1, 0.15) is 52.1 Å². The van der Waals surface area contributed by atoms with Crippen LogP contribution in [0.25, 0.3) is 0 Å². The van der Waals surface area contributed by atoms with Crippen LogP contribution in [0.3, 0.4) is 0 Å². The van der Waals surface area contributed by atoms with Gasteiger partial charge in [-0.2, -0.15) is 0 Å². The van der Waals surface area contributed by atoms with Crippen LogP contribution >= 0.6 is 12.4 Å². The van der Waals surface area contributed by atoms with E-state index in [4.69, 9.17) is 33.2 Å². The predicted molar refractivity (Wildman–Crippen MR) is 342 cm³/mol. The molecule has 2 aromatic rings. The van der Waals surface area contributed by atoms with E-state index >= 15 is 0 Å². The summed E-state index contributed by atoms with van der Waals surface area (Å²) in [5.41, 5.74) is -0.672. The van der Waals surface area contributed by atoms with Crippen LogP contribution in [-0.2, 0) is 97.4 Å². The van der Waals surface area contributed by atoms with Crippen molar-refractivity contribution in [2.45, 2.75) is 206 Å². The van der Waals surface area contributed by atoms with Gasteiger partial charge in [-0.1, -0.05) is 56.0 Å². The Morgan fingerprint density at radius 2 is 1.13 bits per heavy atom. The third-order valence-corrected chi connectivity index (χ3v) is 17.3. The van der Waals surface area contributed by atoms with E-state index in [2.05, 4.69) is 10.6 Å². The molecule has 520 valence electrons. The summed E-state index contributed by atoms with van der Waals surface area (Å²) in [6.07, 6.45) is 11.3. The van der Waals surface area contributed by atoms with Crippen molar-refractivity contribution in [3.05, 3.63) is 94.6 Å². The van der Waals surface area contributed by atoms with Gasteiger partial charge in [0.25, 0.3) is 0 Å². The molecule has 10 rings (SSSR count). The Balaban J connectivity index is 0.000000261. The molecule has 8 aliphatic rings. The zero-order valence-electron chi connectivity index (χ0n) is 54.6. The molecule has 4 fully saturated rings. The van der Waals surface area contributed by atoms with Crippen LogP contribution in [-0.4, -0.2) is 173 Å². The van der Waals surface area contributed by atoms with Crippen LogP contribution < -0.4 is 10.6 Å². The normalized spacial score (nSPS) is 28.1. The van der Waals surface area contributed by atoms with Crippen LogP contribution in [0.15, 0.2) is 60.7 Å². The molecule has 0 unspecified atom stereocenters. The summed E-state index contributed by atoms with van der Waals surface area (Å²) in [4.78, 5) is 123. The molecule has 3 aliphatic carbocycles. The van der Waals surface area contributed by atoms with Gasteiger partial charge < -0.3 is 58.7 Å². The number of rotatable bonds is 9. The average molecular weight is 1340 g/mol. The Kier molecular flexibility index (Phi) is 26.8. The molecule has 5 aliphatic heterocycles. The first-order valence-corrected chi connectivity index (χ1v) is 32.3. The number of carbonyl (C=O) groups excluding carboxylic acids is 9. The summed E-state index contributed by atoms with van der Waals surface area (Å²) in [6.45, 7) is 14.8. The number of hydrogen-bond acceptors (Lipinski definition) is 17. The minimum absolute atomic E-state index is 0. The first-order chi connectivity index (χ1) is 43.6. The third kappa shape index (κ3) is 19.6. The van der Waals surface area contributed by atoms with Crippen LogP contribution in [0.4, 0.5) is 13.6 Å². The number of aliphatic hydroxyl groups is 1. The molecule has 2 saturated heterocycles. The fourth-order valence-corrected chi connectivity index (χ4v) is 12.7. The third-order valence-electron chi connectivity index (χ3n) is 17.3. The van der Waals surface area contributed by atoms with Crippen LogP contribution in [0.2, 0.25) is 0 Å². The maximum Gasteiger partial charge on any atom is 0.410 e. The fraction of sp³-hybridized carbons (Fsp3) is 0.638. The minimum Gasteiger partial charge on any atom is -0.464 e. The Bertz CT molecular complexity index is 3120. The Morgan fingerprint density at radius 3 is 1.61 bits per heavy atom. The van der Waals surface area contributed by atoms with Gasteiger partial charge in [0.15, 0.2) is 0 Å². The maximum absolute atomic E-state index is 14.3. The molecule has 5 amide bonds. The van der Waals surface area contributed by atoms with Crippen LogP contribution in [0.5, 0.6) is 0 Å². The number of nitrogens with zero attached hydrogens (tertiary/aromatic N) is 3. The van der Waals surface area contributed by atoms with Crippen molar-refractivity contribution in [1.29, 1.82) is 0 Å². The summed E-state index contributed by atoms with van der Waals surface area (Å²) in [6, 6.07) is 7.93. The highest BCUT2D eigenvalue weighted by atomic mass is 35.5. The molecule has 0 aromatic heterocycles. The van der Waals surface area contributed by atoms with Crippen LogP contribution in [0.1, 0.15) is 156 Å². The molecule has 2 saturated carbocycles. The number of aryl methyl sites for hydroxylation is 1. The topological polar surface area (TPSA) is 272 Å². The number of halogens is 3. The van der Waals surface area contributed by atoms with E-state index in [-0.39, 0.29) is 116 Å². The predicted octanol–water partition coefficient (Wildman–Crippen LogP) is 7.87. The van der Waals surface area contributed by atoms with Gasteiger partial charge in [0.05, 0.1) is 70.3 Å². The number of amides is 5. The molecule has 0 bridgehead atoms. The van der Waals surface area contributed by atoms with E-state index < -0.39 is 118 Å². The summed E-state index contributed by atoms with van der Waals surface area (Å²) in [5.74, 6) is -7.05. The number of carbonyl (C=O) groups is 9. The zero-order valence-corrected chi connectivity index (χ0v) is 55.5. The standard InChI is InChI=1S/C34H44FN3O9.C25H38N2O8.C9H9F.CH4.ClH/c1-5-45-31(42)34-16-23(34)11-7-6-8-13-44-20-22(14-28(39)47-33(2,3)4)30(41)38-18-24(15-27(38)29(40)36-34)46-32(43)37-17-21-10-9-12-26(35)25(21)19-37;1-5-34-23(32)25-13-17(25)9-7-6-8-10-33-15-16(11-20(29)35-24(2,3)4)22(31)27-14-18(28)12-19(27)21(30)26-25;10-9-6-2-4-7-3-1-5-8(7)9;;/h7,9-12,22-24,27H,5-6,8,13-20H2,1-4H3,(H,36,40);7,9,16-19,28H,5-6,8,10-15H2,1-4H3,(H,26,30);2,4,6H,1,3,5H2;1H4;1H/b11-7-;9-7-;;;/t22-,23+,24+,27-,34+;16-,17+,18+,19-,25+;;;/m00.../s1. The lowest BCUT2D eigenvalue weighted by Gasteiger charge is -2.29. The van der Waals surface area contributed by atoms with Gasteiger partial charge in [-0.25, -0.2) is 23.2 Å². The first-order valence-electron chi connectivity index (χ1n) is 32.3. The molecule has 94 heavy (non-hydrogen) atoms. The van der Waals surface area contributed by atoms with Gasteiger partial charge >= 0.3 is 30.0 Å². The van der Waals surface area contributed by atoms with Gasteiger partial charge in [-0.3, -0.25) is 33.7 Å². The second-order valence-corrected chi connectivity index (χ2v) is 26.9. The van der Waals surface area contributed by atoms with Crippen molar-refractivity contribution >= 4 is 66.0 Å². The molecular formula is C69H96ClF2N5O17. The SMILES string of the molecule is C.CCOC(=O)[C@@]12C[C@H]1/C=C\CCCOC[C@H](CC(=O)OC(C)(C)C)C(=O)N1C[C@H](O)C[C@H]1C(=O)N2.CCOC(=O)[C@@]12C[C@H]1/C=C\CCCOC[C@H](CC(=O)OC(C)(C)C)C(=O)N1C[C@H](OC(=O)N3Cc4cccc(F)c4C3)C[C@H]1C(=O)N2.Cl.Fc1cccc2c1CCC2. The molecule has 10 atom stereocenters. The lowest BCUT2D eigenvalue weighted by molar-refractivity contribution is -0.160. The minimum atomic E-state index is -1.27. The number of hydrogen-bond donors (Lipinski definition) is 3. The Labute approximate surface area is 556 Å². The van der Waals surface area contributed by atoms with E-state index in [0.717, 1.165) is 24.8 Å². The second-order valence-electron chi connectivity index (χ2n) is 26.9. The smallest absolute Gasteiger partial charge is 0.410 e. The number of ether oxygens (including phenoxy) is 7. The summed E-state index contributed by atoms with van der Waals surface area (Å²) in [7, 11) is 0. The first kappa shape index (κ1) is 76.0. The largest absolute Gasteiger partial charge is 0.464 e. The van der Waals surface area contributed by atoms with Crippen molar-refractivity contribution in [3.63, 3.8) is 0 Å². The number of aliphatic hydroxyl groups excluding tert-OH is 1. The zero-order chi connectivity index (χ0) is 66.7. The second kappa shape index (κ2) is 33.1. The van der Waals surface area contributed by atoms with Gasteiger partial charge in [-0.15, -0.1) is 12.4 Å². The highest BCUT2D eigenvalue weighted by molar-refractivity contribution is 5.97. The van der Waals surface area contributed by atoms with Crippen molar-refractivity contribution in [3.8, 4) is 0 Å². The number of nitrogens with one attached hydrogen (secondary N) is 2. The Hall–Kier alpha value is -7.02. The summed E-state index contributed by atoms with van der Waals surface area (Å²) >= 11 is 0. The molecular weight excluding hydrogens is 1240 g/mol. The average Bonchev–Trinajstić information content (AvgIpc) is 1.59. The molecule has 0 radical (unpaired) electrons. The number of benzene rings is 2. The van der Waals surface area contributed by atoms with E-state index in [1.807, 2.05) is 30.4 Å². The van der Waals surface area contributed by atoms with E-state index in [1.165, 1.54) is 26.3 Å². The highest BCUT2D eigenvalue weighted by Gasteiger charge is 2.63.